The van der Waals surface area contributed by atoms with Crippen molar-refractivity contribution < 1.29 is 9.53 Å². The summed E-state index contributed by atoms with van der Waals surface area (Å²) < 4.78 is 4.76. The van der Waals surface area contributed by atoms with E-state index in [4.69, 9.17) is 4.74 Å². The van der Waals surface area contributed by atoms with Crippen LogP contribution < -0.4 is 5.32 Å². The molecule has 0 aliphatic carbocycles. The summed E-state index contributed by atoms with van der Waals surface area (Å²) in [6.45, 7) is 7.20. The summed E-state index contributed by atoms with van der Waals surface area (Å²) in [7, 11) is 1.62. The third-order valence-corrected chi connectivity index (χ3v) is 1.11. The highest BCUT2D eigenvalue weighted by Crippen LogP contribution is 1.84. The zero-order chi connectivity index (χ0) is 9.82. The number of hydrogen-bond acceptors (Lipinski definition) is 2. The zero-order valence-electron chi connectivity index (χ0n) is 8.64. The van der Waals surface area contributed by atoms with E-state index in [1.54, 1.807) is 7.11 Å². The van der Waals surface area contributed by atoms with Crippen molar-refractivity contribution in [3.8, 4) is 0 Å². The molecule has 0 unspecified atom stereocenters. The summed E-state index contributed by atoms with van der Waals surface area (Å²) in [4.78, 5) is 10.8. The fourth-order valence-corrected chi connectivity index (χ4v) is 0.608. The maximum Gasteiger partial charge on any atom is 0.220 e. The van der Waals surface area contributed by atoms with Gasteiger partial charge in [0.15, 0.2) is 0 Å². The Morgan fingerprint density at radius 3 is 2.42 bits per heavy atom. The average molecular weight is 175 g/mol. The van der Waals surface area contributed by atoms with E-state index in [1.807, 2.05) is 20.8 Å². The lowest BCUT2D eigenvalue weighted by molar-refractivity contribution is -0.121. The largest absolute Gasteiger partial charge is 0.383 e. The first-order valence-corrected chi connectivity index (χ1v) is 4.57. The minimum absolute atomic E-state index is 0.111. The molecule has 0 aromatic heterocycles. The second kappa shape index (κ2) is 13.1. The molecule has 0 radical (unpaired) electrons. The molecule has 74 valence electrons. The normalized spacial score (nSPS) is 8.33. The summed E-state index contributed by atoms with van der Waals surface area (Å²) in [5.41, 5.74) is 0. The van der Waals surface area contributed by atoms with Crippen LogP contribution in [0.15, 0.2) is 0 Å². The number of rotatable bonds is 5. The topological polar surface area (TPSA) is 38.3 Å². The Kier molecular flexibility index (Phi) is 15.2. The number of carbonyl (C=O) groups excluding carboxylic acids is 1. The number of nitrogens with one attached hydrogen (secondary N) is 1. The van der Waals surface area contributed by atoms with Crippen molar-refractivity contribution in [1.29, 1.82) is 0 Å². The number of amides is 1. The van der Waals surface area contributed by atoms with Gasteiger partial charge in [-0.05, 0) is 6.42 Å². The second-order valence-corrected chi connectivity index (χ2v) is 2.09. The Morgan fingerprint density at radius 2 is 2.00 bits per heavy atom. The Labute approximate surface area is 75.5 Å². The first kappa shape index (κ1) is 14.0. The smallest absolute Gasteiger partial charge is 0.220 e. The van der Waals surface area contributed by atoms with Crippen molar-refractivity contribution >= 4 is 5.91 Å². The van der Waals surface area contributed by atoms with Crippen molar-refractivity contribution in [2.45, 2.75) is 33.6 Å². The lowest BCUT2D eigenvalue weighted by atomic mass is 10.3. The van der Waals surface area contributed by atoms with Crippen molar-refractivity contribution in [3.63, 3.8) is 0 Å². The molecule has 0 rings (SSSR count). The van der Waals surface area contributed by atoms with Crippen LogP contribution >= 0.6 is 0 Å². The molecule has 0 aromatic rings. The van der Waals surface area contributed by atoms with Gasteiger partial charge >= 0.3 is 0 Å². The molecule has 3 nitrogen and oxygen atoms in total. The van der Waals surface area contributed by atoms with Gasteiger partial charge in [0.05, 0.1) is 6.61 Å². The van der Waals surface area contributed by atoms with Gasteiger partial charge in [-0.2, -0.15) is 0 Å². The molecule has 0 atom stereocenters. The zero-order valence-corrected chi connectivity index (χ0v) is 8.64. The molecule has 0 aromatic carbocycles. The predicted molar refractivity (Wildman–Crippen MR) is 51.1 cm³/mol. The van der Waals surface area contributed by atoms with Crippen LogP contribution in [-0.4, -0.2) is 26.2 Å². The number of hydrogen-bond donors (Lipinski definition) is 1. The molecule has 0 aliphatic rings. The lowest BCUT2D eigenvalue weighted by Crippen LogP contribution is -2.26. The quantitative estimate of drug-likeness (QED) is 0.644. The molecule has 1 amide bonds. The molecule has 0 heterocycles. The monoisotopic (exact) mass is 175 g/mol. The predicted octanol–water partition coefficient (Wildman–Crippen LogP) is 1.58. The lowest BCUT2D eigenvalue weighted by Gasteiger charge is -2.01. The van der Waals surface area contributed by atoms with Crippen LogP contribution in [0.25, 0.3) is 0 Å². The maximum atomic E-state index is 10.8. The Bertz CT molecular complexity index is 94.5. The molecular weight excluding hydrogens is 154 g/mol. The van der Waals surface area contributed by atoms with Gasteiger partial charge in [-0.3, -0.25) is 4.79 Å². The highest BCUT2D eigenvalue weighted by atomic mass is 16.5. The van der Waals surface area contributed by atoms with Crippen molar-refractivity contribution in [2.75, 3.05) is 20.3 Å². The molecular formula is C9H21NO2. The van der Waals surface area contributed by atoms with Gasteiger partial charge in [-0.1, -0.05) is 20.8 Å². The summed E-state index contributed by atoms with van der Waals surface area (Å²) in [6.07, 6.45) is 1.52. The van der Waals surface area contributed by atoms with Crippen LogP contribution in [0.5, 0.6) is 0 Å². The molecule has 1 N–H and O–H groups in total. The first-order valence-electron chi connectivity index (χ1n) is 4.57. The maximum absolute atomic E-state index is 10.8. The van der Waals surface area contributed by atoms with E-state index in [2.05, 4.69) is 5.32 Å². The van der Waals surface area contributed by atoms with E-state index < -0.39 is 0 Å². The van der Waals surface area contributed by atoms with Gasteiger partial charge in [0.25, 0.3) is 0 Å². The summed E-state index contributed by atoms with van der Waals surface area (Å²) >= 11 is 0. The minimum atomic E-state index is 0.111. The Balaban J connectivity index is 0. The average Bonchev–Trinajstić information content (AvgIpc) is 2.09. The molecule has 3 heteroatoms. The van der Waals surface area contributed by atoms with Gasteiger partial charge in [-0.25, -0.2) is 0 Å². The van der Waals surface area contributed by atoms with E-state index in [0.29, 0.717) is 19.6 Å². The highest BCUT2D eigenvalue weighted by molar-refractivity contribution is 5.75. The molecule has 0 saturated carbocycles. The third kappa shape index (κ3) is 12.1. The summed E-state index contributed by atoms with van der Waals surface area (Å²) in [6, 6.07) is 0. The number of methoxy groups -OCH3 is 1. The van der Waals surface area contributed by atoms with Gasteiger partial charge in [0.1, 0.15) is 0 Å². The van der Waals surface area contributed by atoms with E-state index >= 15 is 0 Å². The number of carbonyl (C=O) groups is 1. The van der Waals surface area contributed by atoms with Crippen molar-refractivity contribution in [2.24, 2.45) is 0 Å². The first-order chi connectivity index (χ1) is 5.81. The van der Waals surface area contributed by atoms with Crippen molar-refractivity contribution in [3.05, 3.63) is 0 Å². The number of ether oxygens (including phenoxy) is 1. The van der Waals surface area contributed by atoms with E-state index in [0.717, 1.165) is 6.42 Å². The fraction of sp³-hybridized carbons (Fsp3) is 0.889. The molecule has 0 aliphatic heterocycles. The standard InChI is InChI=1S/C7H15NO2.C2H6/c1-3-4-7(9)8-5-6-10-2;1-2/h3-6H2,1-2H3,(H,8,9);1-2H3. The van der Waals surface area contributed by atoms with Crippen LogP contribution in [0.4, 0.5) is 0 Å². The molecule has 0 bridgehead atoms. The third-order valence-electron chi connectivity index (χ3n) is 1.11. The van der Waals surface area contributed by atoms with Gasteiger partial charge < -0.3 is 10.1 Å². The van der Waals surface area contributed by atoms with Gasteiger partial charge in [-0.15, -0.1) is 0 Å². The van der Waals surface area contributed by atoms with Crippen molar-refractivity contribution in [1.82, 2.24) is 5.32 Å². The van der Waals surface area contributed by atoms with Gasteiger partial charge in [0.2, 0.25) is 5.91 Å². The Hall–Kier alpha value is -0.570. The van der Waals surface area contributed by atoms with E-state index in [-0.39, 0.29) is 5.91 Å². The molecule has 0 saturated heterocycles. The fourth-order valence-electron chi connectivity index (χ4n) is 0.608. The van der Waals surface area contributed by atoms with E-state index in [9.17, 15) is 4.79 Å². The van der Waals surface area contributed by atoms with Crippen LogP contribution in [0.2, 0.25) is 0 Å². The van der Waals surface area contributed by atoms with Crippen LogP contribution in [0.1, 0.15) is 33.6 Å². The summed E-state index contributed by atoms with van der Waals surface area (Å²) in [5, 5.41) is 2.72. The molecule has 0 fully saturated rings. The van der Waals surface area contributed by atoms with Gasteiger partial charge in [0, 0.05) is 20.1 Å². The van der Waals surface area contributed by atoms with Crippen LogP contribution in [-0.2, 0) is 9.53 Å². The van der Waals surface area contributed by atoms with Crippen LogP contribution in [0.3, 0.4) is 0 Å². The SMILES string of the molecule is CC.CCCC(=O)NCCOC. The summed E-state index contributed by atoms with van der Waals surface area (Å²) in [5.74, 6) is 0.111. The Morgan fingerprint density at radius 1 is 1.42 bits per heavy atom. The molecule has 12 heavy (non-hydrogen) atoms. The second-order valence-electron chi connectivity index (χ2n) is 2.09. The highest BCUT2D eigenvalue weighted by Gasteiger charge is 1.95. The van der Waals surface area contributed by atoms with E-state index in [1.165, 1.54) is 0 Å². The molecule has 0 spiro atoms. The van der Waals surface area contributed by atoms with Crippen LogP contribution in [0, 0.1) is 0 Å². The minimum Gasteiger partial charge on any atom is -0.383 e.